The highest BCUT2D eigenvalue weighted by atomic mass is 15.2. The summed E-state index contributed by atoms with van der Waals surface area (Å²) in [4.78, 5) is 10.8. The summed E-state index contributed by atoms with van der Waals surface area (Å²) in [5.41, 5.74) is 3.55. The molecule has 1 aromatic carbocycles. The van der Waals surface area contributed by atoms with E-state index in [0.29, 0.717) is 0 Å². The third-order valence-electron chi connectivity index (χ3n) is 3.38. The first-order valence-electron chi connectivity index (χ1n) is 7.47. The van der Waals surface area contributed by atoms with Crippen LogP contribution in [0.2, 0.25) is 0 Å². The fourth-order valence-electron chi connectivity index (χ4n) is 2.33. The van der Waals surface area contributed by atoms with Crippen molar-refractivity contribution < 1.29 is 0 Å². The number of aryl methyl sites for hydroxylation is 2. The summed E-state index contributed by atoms with van der Waals surface area (Å²) in [6.07, 6.45) is 3.96. The summed E-state index contributed by atoms with van der Waals surface area (Å²) in [5.74, 6) is 1.78. The number of rotatable bonds is 6. The molecular weight excluding hydrogens is 260 g/mol. The van der Waals surface area contributed by atoms with Crippen LogP contribution in [-0.2, 0) is 0 Å². The van der Waals surface area contributed by atoms with Gasteiger partial charge in [-0.25, -0.2) is 9.97 Å². The second-order valence-corrected chi connectivity index (χ2v) is 5.54. The Morgan fingerprint density at radius 2 is 1.76 bits per heavy atom. The molecule has 1 aromatic heterocycles. The van der Waals surface area contributed by atoms with Gasteiger partial charge in [0, 0.05) is 25.3 Å². The Hall–Kier alpha value is -2.10. The predicted octanol–water partition coefficient (Wildman–Crippen LogP) is 4.07. The van der Waals surface area contributed by atoms with E-state index in [1.807, 2.05) is 6.07 Å². The van der Waals surface area contributed by atoms with Crippen LogP contribution in [-0.4, -0.2) is 23.6 Å². The fourth-order valence-corrected chi connectivity index (χ4v) is 2.33. The van der Waals surface area contributed by atoms with Crippen molar-refractivity contribution in [3.8, 4) is 0 Å². The van der Waals surface area contributed by atoms with E-state index in [-0.39, 0.29) is 0 Å². The molecule has 0 saturated heterocycles. The van der Waals surface area contributed by atoms with Crippen LogP contribution in [0.3, 0.4) is 0 Å². The lowest BCUT2D eigenvalue weighted by Crippen LogP contribution is -2.19. The molecule has 0 spiro atoms. The van der Waals surface area contributed by atoms with Gasteiger partial charge >= 0.3 is 0 Å². The topological polar surface area (TPSA) is 41.0 Å². The SMILES string of the molecule is CCCCN(C)c1cc(Nc2cc(C)cc(C)c2)ncn1. The summed E-state index contributed by atoms with van der Waals surface area (Å²) in [5, 5.41) is 3.36. The quantitative estimate of drug-likeness (QED) is 0.868. The van der Waals surface area contributed by atoms with E-state index in [1.54, 1.807) is 6.33 Å². The normalized spacial score (nSPS) is 10.5. The number of unbranched alkanes of at least 4 members (excludes halogenated alkanes) is 1. The second kappa shape index (κ2) is 7.07. The van der Waals surface area contributed by atoms with Crippen molar-refractivity contribution >= 4 is 17.3 Å². The van der Waals surface area contributed by atoms with Gasteiger partial charge < -0.3 is 10.2 Å². The largest absolute Gasteiger partial charge is 0.360 e. The van der Waals surface area contributed by atoms with E-state index in [4.69, 9.17) is 0 Å². The molecule has 0 radical (unpaired) electrons. The molecule has 0 amide bonds. The molecule has 0 aliphatic heterocycles. The van der Waals surface area contributed by atoms with Gasteiger partial charge in [0.1, 0.15) is 18.0 Å². The zero-order valence-electron chi connectivity index (χ0n) is 13.3. The monoisotopic (exact) mass is 284 g/mol. The first kappa shape index (κ1) is 15.3. The Labute approximate surface area is 127 Å². The van der Waals surface area contributed by atoms with Gasteiger partial charge in [0.2, 0.25) is 0 Å². The third-order valence-corrected chi connectivity index (χ3v) is 3.38. The first-order valence-corrected chi connectivity index (χ1v) is 7.47. The lowest BCUT2D eigenvalue weighted by molar-refractivity contribution is 0.758. The summed E-state index contributed by atoms with van der Waals surface area (Å²) >= 11 is 0. The molecule has 0 saturated carbocycles. The van der Waals surface area contributed by atoms with Gasteiger partial charge in [-0.05, 0) is 43.5 Å². The average Bonchev–Trinajstić information content (AvgIpc) is 2.44. The number of benzene rings is 1. The van der Waals surface area contributed by atoms with Crippen LogP contribution < -0.4 is 10.2 Å². The fraction of sp³-hybridized carbons (Fsp3) is 0.412. The average molecular weight is 284 g/mol. The maximum atomic E-state index is 4.34. The van der Waals surface area contributed by atoms with E-state index >= 15 is 0 Å². The number of hydrogen-bond donors (Lipinski definition) is 1. The number of nitrogens with one attached hydrogen (secondary N) is 1. The summed E-state index contributed by atoms with van der Waals surface area (Å²) < 4.78 is 0. The third kappa shape index (κ3) is 4.45. The zero-order valence-corrected chi connectivity index (χ0v) is 13.3. The van der Waals surface area contributed by atoms with Crippen molar-refractivity contribution in [3.05, 3.63) is 41.7 Å². The molecule has 0 atom stereocenters. The van der Waals surface area contributed by atoms with Gasteiger partial charge in [-0.2, -0.15) is 0 Å². The van der Waals surface area contributed by atoms with Crippen LogP contribution in [0.25, 0.3) is 0 Å². The number of hydrogen-bond acceptors (Lipinski definition) is 4. The van der Waals surface area contributed by atoms with Gasteiger partial charge in [-0.1, -0.05) is 19.4 Å². The lowest BCUT2D eigenvalue weighted by atomic mass is 10.1. The van der Waals surface area contributed by atoms with E-state index in [1.165, 1.54) is 24.0 Å². The van der Waals surface area contributed by atoms with Crippen molar-refractivity contribution in [2.45, 2.75) is 33.6 Å². The van der Waals surface area contributed by atoms with Crippen molar-refractivity contribution in [1.29, 1.82) is 0 Å². The van der Waals surface area contributed by atoms with Crippen molar-refractivity contribution in [1.82, 2.24) is 9.97 Å². The van der Waals surface area contributed by atoms with Crippen molar-refractivity contribution in [2.24, 2.45) is 0 Å². The highest BCUT2D eigenvalue weighted by Gasteiger charge is 2.05. The molecule has 2 rings (SSSR count). The zero-order chi connectivity index (χ0) is 15.2. The molecule has 112 valence electrons. The second-order valence-electron chi connectivity index (χ2n) is 5.54. The Bertz CT molecular complexity index is 575. The summed E-state index contributed by atoms with van der Waals surface area (Å²) in [7, 11) is 2.07. The molecule has 4 nitrogen and oxygen atoms in total. The summed E-state index contributed by atoms with van der Waals surface area (Å²) in [6, 6.07) is 8.40. The van der Waals surface area contributed by atoms with Crippen LogP contribution in [0.4, 0.5) is 17.3 Å². The molecular formula is C17H24N4. The smallest absolute Gasteiger partial charge is 0.135 e. The van der Waals surface area contributed by atoms with E-state index < -0.39 is 0 Å². The van der Waals surface area contributed by atoms with Crippen LogP contribution in [0, 0.1) is 13.8 Å². The van der Waals surface area contributed by atoms with Gasteiger partial charge in [0.05, 0.1) is 0 Å². The predicted molar refractivity (Wildman–Crippen MR) is 89.4 cm³/mol. The molecule has 4 heteroatoms. The van der Waals surface area contributed by atoms with Crippen LogP contribution in [0.1, 0.15) is 30.9 Å². The van der Waals surface area contributed by atoms with Crippen LogP contribution >= 0.6 is 0 Å². The van der Waals surface area contributed by atoms with Crippen LogP contribution in [0.5, 0.6) is 0 Å². The standard InChI is InChI=1S/C17H24N4/c1-5-6-7-21(4)17-11-16(18-12-19-17)20-15-9-13(2)8-14(3)10-15/h8-12H,5-7H2,1-4H3,(H,18,19,20). The van der Waals surface area contributed by atoms with Gasteiger partial charge in [-0.3, -0.25) is 0 Å². The molecule has 1 heterocycles. The molecule has 0 aliphatic carbocycles. The Morgan fingerprint density at radius 3 is 2.43 bits per heavy atom. The van der Waals surface area contributed by atoms with E-state index in [0.717, 1.165) is 23.9 Å². The molecule has 2 aromatic rings. The van der Waals surface area contributed by atoms with E-state index in [2.05, 4.69) is 66.2 Å². The van der Waals surface area contributed by atoms with Gasteiger partial charge in [0.15, 0.2) is 0 Å². The van der Waals surface area contributed by atoms with E-state index in [9.17, 15) is 0 Å². The number of nitrogens with zero attached hydrogens (tertiary/aromatic N) is 3. The molecule has 0 fully saturated rings. The first-order chi connectivity index (χ1) is 10.1. The maximum Gasteiger partial charge on any atom is 0.135 e. The minimum atomic E-state index is 0.827. The molecule has 0 aliphatic rings. The molecule has 21 heavy (non-hydrogen) atoms. The summed E-state index contributed by atoms with van der Waals surface area (Å²) in [6.45, 7) is 7.40. The number of anilines is 3. The Morgan fingerprint density at radius 1 is 1.05 bits per heavy atom. The lowest BCUT2D eigenvalue weighted by Gasteiger charge is -2.18. The Kier molecular flexibility index (Phi) is 5.14. The van der Waals surface area contributed by atoms with Crippen molar-refractivity contribution in [3.63, 3.8) is 0 Å². The Balaban J connectivity index is 2.13. The highest BCUT2D eigenvalue weighted by Crippen LogP contribution is 2.20. The number of aromatic nitrogens is 2. The molecule has 0 bridgehead atoms. The van der Waals surface area contributed by atoms with Gasteiger partial charge in [0.25, 0.3) is 0 Å². The van der Waals surface area contributed by atoms with Crippen molar-refractivity contribution in [2.75, 3.05) is 23.8 Å². The maximum absolute atomic E-state index is 4.34. The van der Waals surface area contributed by atoms with Gasteiger partial charge in [-0.15, -0.1) is 0 Å². The minimum absolute atomic E-state index is 0.827. The molecule has 0 unspecified atom stereocenters. The molecule has 1 N–H and O–H groups in total. The highest BCUT2D eigenvalue weighted by molar-refractivity contribution is 5.60. The van der Waals surface area contributed by atoms with Crippen LogP contribution in [0.15, 0.2) is 30.6 Å². The minimum Gasteiger partial charge on any atom is -0.360 e.